The minimum atomic E-state index is -0.618. The molecule has 0 radical (unpaired) electrons. The van der Waals surface area contributed by atoms with Gasteiger partial charge in [0.25, 0.3) is 0 Å². The summed E-state index contributed by atoms with van der Waals surface area (Å²) >= 11 is 0. The van der Waals surface area contributed by atoms with E-state index in [1.807, 2.05) is 0 Å². The van der Waals surface area contributed by atoms with Crippen LogP contribution in [0.25, 0.3) is 22.4 Å². The molecule has 0 aliphatic carbocycles. The molecule has 4 rings (SSSR count). The van der Waals surface area contributed by atoms with Crippen molar-refractivity contribution in [2.45, 2.75) is 26.8 Å². The number of hydrogen-bond donors (Lipinski definition) is 3. The number of rotatable bonds is 3. The number of hydrogen-bond acceptors (Lipinski definition) is 7. The Bertz CT molecular complexity index is 1010. The first kappa shape index (κ1) is 24.8. The Hall–Kier alpha value is -2.49. The molecule has 1 fully saturated rings. The second kappa shape index (κ2) is 9.76. The number of nitrogens with zero attached hydrogens (tertiary/aromatic N) is 5. The molecule has 1 aromatic carbocycles. The van der Waals surface area contributed by atoms with Crippen molar-refractivity contribution in [3.8, 4) is 28.1 Å². The van der Waals surface area contributed by atoms with E-state index in [1.165, 1.54) is 12.3 Å². The molecule has 31 heavy (non-hydrogen) atoms. The predicted molar refractivity (Wildman–Crippen MR) is 122 cm³/mol. The van der Waals surface area contributed by atoms with Crippen LogP contribution in [0, 0.1) is 11.4 Å². The highest BCUT2D eigenvalue weighted by Crippen LogP contribution is 2.33. The molecule has 1 saturated heterocycles. The molecule has 0 spiro atoms. The number of piperazine rings is 1. The SMILES string of the molecule is CC(C)(C)[C@H]1CN(c2ncc(-c3ccc(-c4c[nH]nc4F)cc3O)nn2)CCN1.Cl.Cl. The number of benzene rings is 1. The lowest BCUT2D eigenvalue weighted by atomic mass is 9.85. The van der Waals surface area contributed by atoms with E-state index < -0.39 is 5.95 Å². The van der Waals surface area contributed by atoms with Crippen LogP contribution in [0.2, 0.25) is 0 Å². The third-order valence-corrected chi connectivity index (χ3v) is 5.23. The molecule has 0 unspecified atom stereocenters. The van der Waals surface area contributed by atoms with E-state index in [0.29, 0.717) is 34.4 Å². The zero-order valence-corrected chi connectivity index (χ0v) is 19.1. The maximum absolute atomic E-state index is 13.6. The maximum atomic E-state index is 13.6. The van der Waals surface area contributed by atoms with Gasteiger partial charge in [-0.2, -0.15) is 4.39 Å². The van der Waals surface area contributed by atoms with Gasteiger partial charge in [0.1, 0.15) is 11.4 Å². The van der Waals surface area contributed by atoms with Crippen molar-refractivity contribution in [1.29, 1.82) is 0 Å². The third-order valence-electron chi connectivity index (χ3n) is 5.23. The molecule has 3 aromatic rings. The summed E-state index contributed by atoms with van der Waals surface area (Å²) in [5.41, 5.74) is 1.88. The summed E-state index contributed by atoms with van der Waals surface area (Å²) in [5, 5.41) is 28.4. The van der Waals surface area contributed by atoms with Crippen molar-refractivity contribution >= 4 is 30.8 Å². The second-order valence-electron chi connectivity index (χ2n) is 8.28. The van der Waals surface area contributed by atoms with Crippen LogP contribution in [0.5, 0.6) is 5.75 Å². The molecular formula is C20H26Cl2FN7O. The third kappa shape index (κ3) is 5.23. The fourth-order valence-corrected chi connectivity index (χ4v) is 3.44. The molecule has 0 bridgehead atoms. The van der Waals surface area contributed by atoms with Crippen LogP contribution in [0.3, 0.4) is 0 Å². The van der Waals surface area contributed by atoms with Crippen LogP contribution in [-0.4, -0.2) is 56.2 Å². The van der Waals surface area contributed by atoms with Gasteiger partial charge in [0.15, 0.2) is 0 Å². The summed E-state index contributed by atoms with van der Waals surface area (Å²) in [6.45, 7) is 9.10. The van der Waals surface area contributed by atoms with Crippen molar-refractivity contribution in [2.75, 3.05) is 24.5 Å². The summed E-state index contributed by atoms with van der Waals surface area (Å²) in [6.07, 6.45) is 3.04. The van der Waals surface area contributed by atoms with Crippen LogP contribution in [-0.2, 0) is 0 Å². The number of H-pyrrole nitrogens is 1. The van der Waals surface area contributed by atoms with Gasteiger partial charge in [0.05, 0.1) is 11.8 Å². The van der Waals surface area contributed by atoms with Gasteiger partial charge in [-0.25, -0.2) is 4.98 Å². The van der Waals surface area contributed by atoms with Crippen LogP contribution < -0.4 is 10.2 Å². The van der Waals surface area contributed by atoms with Gasteiger partial charge >= 0.3 is 0 Å². The van der Waals surface area contributed by atoms with E-state index in [9.17, 15) is 9.50 Å². The molecule has 0 amide bonds. The first-order chi connectivity index (χ1) is 13.8. The summed E-state index contributed by atoms with van der Waals surface area (Å²) < 4.78 is 13.6. The molecule has 3 heterocycles. The van der Waals surface area contributed by atoms with E-state index in [4.69, 9.17) is 0 Å². The number of anilines is 1. The van der Waals surface area contributed by atoms with E-state index in [1.54, 1.807) is 18.3 Å². The van der Waals surface area contributed by atoms with Crippen molar-refractivity contribution in [3.05, 3.63) is 36.5 Å². The highest BCUT2D eigenvalue weighted by atomic mass is 35.5. The number of nitrogens with one attached hydrogen (secondary N) is 2. The highest BCUT2D eigenvalue weighted by molar-refractivity contribution is 5.85. The first-order valence-electron chi connectivity index (χ1n) is 9.54. The van der Waals surface area contributed by atoms with Crippen LogP contribution in [0.1, 0.15) is 20.8 Å². The summed E-state index contributed by atoms with van der Waals surface area (Å²) in [7, 11) is 0. The molecule has 1 atom stereocenters. The molecule has 0 saturated carbocycles. The first-order valence-corrected chi connectivity index (χ1v) is 9.54. The lowest BCUT2D eigenvalue weighted by Crippen LogP contribution is -2.56. The zero-order chi connectivity index (χ0) is 20.6. The number of phenolic OH excluding ortho intramolecular Hbond substituents is 1. The van der Waals surface area contributed by atoms with Crippen LogP contribution >= 0.6 is 24.8 Å². The Morgan fingerprint density at radius 1 is 1.16 bits per heavy atom. The average molecular weight is 470 g/mol. The van der Waals surface area contributed by atoms with Gasteiger partial charge in [-0.15, -0.1) is 40.1 Å². The Labute approximate surface area is 192 Å². The number of aromatic hydroxyl groups is 1. The molecule has 3 N–H and O–H groups in total. The lowest BCUT2D eigenvalue weighted by Gasteiger charge is -2.40. The Morgan fingerprint density at radius 2 is 1.94 bits per heavy atom. The summed E-state index contributed by atoms with van der Waals surface area (Å²) in [5.74, 6) is -0.0736. The Balaban J connectivity index is 0.00000171. The van der Waals surface area contributed by atoms with Crippen LogP contribution in [0.15, 0.2) is 30.6 Å². The largest absolute Gasteiger partial charge is 0.507 e. The molecule has 168 valence electrons. The van der Waals surface area contributed by atoms with Gasteiger partial charge in [-0.1, -0.05) is 26.8 Å². The van der Waals surface area contributed by atoms with E-state index >= 15 is 0 Å². The summed E-state index contributed by atoms with van der Waals surface area (Å²) in [4.78, 5) is 6.58. The molecule has 1 aliphatic rings. The number of halogens is 3. The minimum Gasteiger partial charge on any atom is -0.507 e. The van der Waals surface area contributed by atoms with Gasteiger partial charge in [-0.3, -0.25) is 5.10 Å². The van der Waals surface area contributed by atoms with Gasteiger partial charge in [0.2, 0.25) is 11.9 Å². The van der Waals surface area contributed by atoms with E-state index in [0.717, 1.165) is 19.6 Å². The van der Waals surface area contributed by atoms with Crippen molar-refractivity contribution in [2.24, 2.45) is 5.41 Å². The van der Waals surface area contributed by atoms with Gasteiger partial charge < -0.3 is 15.3 Å². The molecule has 1 aliphatic heterocycles. The molecule has 2 aromatic heterocycles. The summed E-state index contributed by atoms with van der Waals surface area (Å²) in [6, 6.07) is 5.17. The van der Waals surface area contributed by atoms with E-state index in [-0.39, 0.29) is 36.0 Å². The standard InChI is InChI=1S/C20H24FN7O.2ClH/c1-20(2,3)17-11-28(7-6-22-17)19-23-10-15(25-27-19)13-5-4-12(8-16(13)29)14-9-24-26-18(14)21;;/h4-5,8-10,17,22,29H,6-7,11H2,1-3H3,(H,24,26);2*1H/t17-;;/m1../s1. The number of aromatic nitrogens is 5. The van der Waals surface area contributed by atoms with Crippen molar-refractivity contribution in [3.63, 3.8) is 0 Å². The van der Waals surface area contributed by atoms with Crippen LogP contribution in [0.4, 0.5) is 10.3 Å². The normalized spacial score (nSPS) is 16.4. The molecule has 11 heteroatoms. The fourth-order valence-electron chi connectivity index (χ4n) is 3.44. The highest BCUT2D eigenvalue weighted by Gasteiger charge is 2.30. The van der Waals surface area contributed by atoms with E-state index in [2.05, 4.69) is 56.4 Å². The Morgan fingerprint density at radius 3 is 2.52 bits per heavy atom. The monoisotopic (exact) mass is 469 g/mol. The fraction of sp³-hybridized carbons (Fsp3) is 0.400. The predicted octanol–water partition coefficient (Wildman–Crippen LogP) is 3.44. The smallest absolute Gasteiger partial charge is 0.245 e. The quantitative estimate of drug-likeness (QED) is 0.539. The maximum Gasteiger partial charge on any atom is 0.245 e. The second-order valence-corrected chi connectivity index (χ2v) is 8.28. The molecular weight excluding hydrogens is 444 g/mol. The zero-order valence-electron chi connectivity index (χ0n) is 17.5. The van der Waals surface area contributed by atoms with Crippen molar-refractivity contribution < 1.29 is 9.50 Å². The average Bonchev–Trinajstić information content (AvgIpc) is 3.13. The number of phenols is 1. The van der Waals surface area contributed by atoms with Gasteiger partial charge in [0, 0.05) is 37.4 Å². The Kier molecular flexibility index (Phi) is 7.80. The topological polar surface area (TPSA) is 103 Å². The van der Waals surface area contributed by atoms with Gasteiger partial charge in [-0.05, 0) is 23.1 Å². The minimum absolute atomic E-state index is 0. The lowest BCUT2D eigenvalue weighted by molar-refractivity contribution is 0.252. The van der Waals surface area contributed by atoms with Crippen molar-refractivity contribution in [1.82, 2.24) is 30.7 Å². The number of aromatic amines is 1. The molecule has 8 nitrogen and oxygen atoms in total.